The fourth-order valence-corrected chi connectivity index (χ4v) is 10.3. The number of carbonyl (C=O) groups is 4. The van der Waals surface area contributed by atoms with Crippen molar-refractivity contribution in [3.05, 3.63) is 167 Å². The summed E-state index contributed by atoms with van der Waals surface area (Å²) in [5, 5.41) is 11.7. The van der Waals surface area contributed by atoms with Crippen LogP contribution >= 0.6 is 0 Å². The van der Waals surface area contributed by atoms with Gasteiger partial charge in [0.15, 0.2) is 11.6 Å². The normalized spacial score (nSPS) is 24.6. The third kappa shape index (κ3) is 6.06. The highest BCUT2D eigenvalue weighted by Crippen LogP contribution is 2.64. The standard InChI is InChI=1S/C51H43NO8/c1-58-35-21-25-44(60-3)32(26-35)17-14-30-15-18-34(19-16-30)52-49(56)38-23-22-37-40(46(38)50(52)57)28-42-48(55)39(31-10-6-4-7-11-31)29-45(54)51(42,33-12-8-5-9-13-33)47(37)41-27-36(59-2)20-24-43(41)53/h4-22,24-27,29,38,40,42,46-47,53H,23,28H2,1-3H3. The molecule has 9 nitrogen and oxygen atoms in total. The van der Waals surface area contributed by atoms with Gasteiger partial charge in [-0.3, -0.25) is 24.1 Å². The lowest BCUT2D eigenvalue weighted by molar-refractivity contribution is -0.135. The number of methoxy groups -OCH3 is 3. The molecule has 9 rings (SSSR count). The number of amides is 2. The van der Waals surface area contributed by atoms with Crippen molar-refractivity contribution in [3.8, 4) is 23.0 Å². The summed E-state index contributed by atoms with van der Waals surface area (Å²) in [4.78, 5) is 61.1. The molecule has 5 aromatic carbocycles. The number of benzene rings is 5. The molecule has 5 aromatic rings. The summed E-state index contributed by atoms with van der Waals surface area (Å²) in [5.74, 6) is -3.21. The number of rotatable bonds is 9. The molecule has 0 spiro atoms. The molecule has 6 atom stereocenters. The van der Waals surface area contributed by atoms with Crippen molar-refractivity contribution < 1.29 is 38.5 Å². The average molecular weight is 798 g/mol. The summed E-state index contributed by atoms with van der Waals surface area (Å²) < 4.78 is 16.6. The Kier molecular flexibility index (Phi) is 9.83. The lowest BCUT2D eigenvalue weighted by atomic mass is 9.44. The maximum Gasteiger partial charge on any atom is 0.238 e. The lowest BCUT2D eigenvalue weighted by Crippen LogP contribution is -2.58. The van der Waals surface area contributed by atoms with Gasteiger partial charge in [-0.15, -0.1) is 0 Å². The van der Waals surface area contributed by atoms with E-state index in [2.05, 4.69) is 0 Å². The van der Waals surface area contributed by atoms with Crippen molar-refractivity contribution in [2.24, 2.45) is 23.7 Å². The quantitative estimate of drug-likeness (QED) is 0.0895. The Bertz CT molecular complexity index is 2630. The number of hydrogen-bond acceptors (Lipinski definition) is 8. The molecule has 1 saturated carbocycles. The van der Waals surface area contributed by atoms with Gasteiger partial charge in [-0.1, -0.05) is 96.6 Å². The van der Waals surface area contributed by atoms with E-state index >= 15 is 9.59 Å². The zero-order valence-electron chi connectivity index (χ0n) is 33.4. The number of allylic oxidation sites excluding steroid dienone is 4. The predicted octanol–water partition coefficient (Wildman–Crippen LogP) is 8.62. The molecule has 4 aliphatic rings. The first kappa shape index (κ1) is 38.5. The zero-order chi connectivity index (χ0) is 41.7. The van der Waals surface area contributed by atoms with Gasteiger partial charge < -0.3 is 19.3 Å². The van der Waals surface area contributed by atoms with Gasteiger partial charge in [0.2, 0.25) is 11.8 Å². The van der Waals surface area contributed by atoms with Crippen LogP contribution in [0, 0.1) is 23.7 Å². The van der Waals surface area contributed by atoms with Crippen LogP contribution in [-0.2, 0) is 24.6 Å². The number of fused-ring (bicyclic) bond motifs is 4. The highest BCUT2D eigenvalue weighted by Gasteiger charge is 2.66. The molecular weight excluding hydrogens is 755 g/mol. The number of hydrogen-bond donors (Lipinski definition) is 1. The number of anilines is 1. The first-order valence-electron chi connectivity index (χ1n) is 20.1. The molecule has 60 heavy (non-hydrogen) atoms. The Balaban J connectivity index is 1.14. The van der Waals surface area contributed by atoms with Gasteiger partial charge in [0.05, 0.1) is 44.3 Å². The number of phenolic OH excluding ortho intramolecular Hbond substituents is 1. The summed E-state index contributed by atoms with van der Waals surface area (Å²) in [6.07, 6.45) is 7.69. The van der Waals surface area contributed by atoms with E-state index < -0.39 is 35.0 Å². The van der Waals surface area contributed by atoms with Crippen LogP contribution in [0.15, 0.2) is 139 Å². The number of nitrogens with zero attached hydrogens (tertiary/aromatic N) is 1. The smallest absolute Gasteiger partial charge is 0.238 e. The van der Waals surface area contributed by atoms with E-state index in [1.54, 1.807) is 38.5 Å². The predicted molar refractivity (Wildman–Crippen MR) is 229 cm³/mol. The van der Waals surface area contributed by atoms with Gasteiger partial charge in [-0.05, 0) is 90.1 Å². The number of carbonyl (C=O) groups excluding carboxylic acids is 4. The minimum Gasteiger partial charge on any atom is -0.508 e. The van der Waals surface area contributed by atoms with Gasteiger partial charge in [-0.25, -0.2) is 0 Å². The third-order valence-corrected chi connectivity index (χ3v) is 13.0. The van der Waals surface area contributed by atoms with E-state index in [9.17, 15) is 14.7 Å². The summed E-state index contributed by atoms with van der Waals surface area (Å²) in [7, 11) is 4.74. The van der Waals surface area contributed by atoms with Gasteiger partial charge in [-0.2, -0.15) is 0 Å². The van der Waals surface area contributed by atoms with Crippen LogP contribution < -0.4 is 19.1 Å². The summed E-state index contributed by atoms with van der Waals surface area (Å²) >= 11 is 0. The molecular formula is C51H43NO8. The zero-order valence-corrected chi connectivity index (χ0v) is 33.4. The van der Waals surface area contributed by atoms with Crippen LogP contribution in [-0.4, -0.2) is 49.8 Å². The van der Waals surface area contributed by atoms with Crippen LogP contribution in [0.1, 0.15) is 46.6 Å². The van der Waals surface area contributed by atoms with Crippen molar-refractivity contribution in [2.45, 2.75) is 24.2 Å². The molecule has 9 heteroatoms. The number of imide groups is 1. The number of Topliss-reactive ketones (excluding diaryl/α,β-unsaturated/α-hetero) is 1. The first-order chi connectivity index (χ1) is 29.2. The van der Waals surface area contributed by atoms with E-state index in [1.807, 2.05) is 109 Å². The maximum atomic E-state index is 15.3. The molecule has 3 aliphatic carbocycles. The first-order valence-corrected chi connectivity index (χ1v) is 20.1. The number of aromatic hydroxyl groups is 1. The number of phenols is 1. The minimum absolute atomic E-state index is 0.0638. The average Bonchev–Trinajstić information content (AvgIpc) is 3.55. The fourth-order valence-electron chi connectivity index (χ4n) is 10.3. The molecule has 1 saturated heterocycles. The molecule has 1 aliphatic heterocycles. The van der Waals surface area contributed by atoms with Crippen molar-refractivity contribution in [3.63, 3.8) is 0 Å². The Morgan fingerprint density at radius 1 is 0.717 bits per heavy atom. The summed E-state index contributed by atoms with van der Waals surface area (Å²) in [5.41, 5.74) is 3.39. The van der Waals surface area contributed by atoms with Gasteiger partial charge >= 0.3 is 0 Å². The molecule has 2 fully saturated rings. The highest BCUT2D eigenvalue weighted by molar-refractivity contribution is 6.32. The Hall–Kier alpha value is -7.00. The van der Waals surface area contributed by atoms with Crippen LogP contribution in [0.3, 0.4) is 0 Å². The van der Waals surface area contributed by atoms with Crippen LogP contribution in [0.5, 0.6) is 23.0 Å². The SMILES string of the molecule is COc1ccc(OC)c(C=Cc2ccc(N3C(=O)C4CC=C5C(CC6C(=O)C(c7ccccc7)=CC(=O)C6(c6ccccc6)C5c5cc(OC)ccc5O)C4C3=O)cc2)c1. The molecule has 2 amide bonds. The largest absolute Gasteiger partial charge is 0.508 e. The van der Waals surface area contributed by atoms with E-state index in [0.29, 0.717) is 45.2 Å². The lowest BCUT2D eigenvalue weighted by Gasteiger charge is -2.55. The van der Waals surface area contributed by atoms with Crippen molar-refractivity contribution >= 4 is 46.8 Å². The van der Waals surface area contributed by atoms with Crippen molar-refractivity contribution in [1.82, 2.24) is 0 Å². The van der Waals surface area contributed by atoms with Crippen LogP contribution in [0.2, 0.25) is 0 Å². The molecule has 1 heterocycles. The molecule has 6 unspecified atom stereocenters. The Labute approximate surface area is 348 Å². The number of ether oxygens (including phenoxy) is 3. The topological polar surface area (TPSA) is 119 Å². The van der Waals surface area contributed by atoms with E-state index in [4.69, 9.17) is 14.2 Å². The van der Waals surface area contributed by atoms with E-state index in [1.165, 1.54) is 24.2 Å². The molecule has 300 valence electrons. The van der Waals surface area contributed by atoms with Crippen molar-refractivity contribution in [1.29, 1.82) is 0 Å². The van der Waals surface area contributed by atoms with Gasteiger partial charge in [0, 0.05) is 28.5 Å². The molecule has 0 radical (unpaired) electrons. The Morgan fingerprint density at radius 2 is 1.40 bits per heavy atom. The highest BCUT2D eigenvalue weighted by atomic mass is 16.5. The van der Waals surface area contributed by atoms with Crippen molar-refractivity contribution in [2.75, 3.05) is 26.2 Å². The van der Waals surface area contributed by atoms with Crippen LogP contribution in [0.25, 0.3) is 17.7 Å². The van der Waals surface area contributed by atoms with Gasteiger partial charge in [0.1, 0.15) is 23.0 Å². The molecule has 0 aromatic heterocycles. The van der Waals surface area contributed by atoms with Gasteiger partial charge in [0.25, 0.3) is 0 Å². The molecule has 0 bridgehead atoms. The summed E-state index contributed by atoms with van der Waals surface area (Å²) in [6, 6.07) is 36.1. The number of ketones is 2. The summed E-state index contributed by atoms with van der Waals surface area (Å²) in [6.45, 7) is 0. The fraction of sp³-hybridized carbons (Fsp3) is 0.216. The molecule has 1 N–H and O–H groups in total. The third-order valence-electron chi connectivity index (χ3n) is 13.0. The maximum absolute atomic E-state index is 15.3. The van der Waals surface area contributed by atoms with E-state index in [0.717, 1.165) is 16.7 Å². The monoisotopic (exact) mass is 797 g/mol. The second-order valence-electron chi connectivity index (χ2n) is 15.8. The van der Waals surface area contributed by atoms with Crippen LogP contribution in [0.4, 0.5) is 5.69 Å². The second kappa shape index (κ2) is 15.3. The minimum atomic E-state index is -1.47. The second-order valence-corrected chi connectivity index (χ2v) is 15.8. The Morgan fingerprint density at radius 3 is 2.10 bits per heavy atom. The van der Waals surface area contributed by atoms with E-state index in [-0.39, 0.29) is 42.0 Å².